The van der Waals surface area contributed by atoms with Crippen LogP contribution >= 0.6 is 0 Å². The number of hydrogen-bond acceptors (Lipinski definition) is 5. The molecule has 30 heavy (non-hydrogen) atoms. The van der Waals surface area contributed by atoms with E-state index in [0.29, 0.717) is 22.2 Å². The van der Waals surface area contributed by atoms with Crippen LogP contribution in [0.15, 0.2) is 75.9 Å². The number of aryl methyl sites for hydroxylation is 2. The number of ether oxygens (including phenoxy) is 1. The van der Waals surface area contributed by atoms with E-state index in [-0.39, 0.29) is 18.4 Å². The predicted molar refractivity (Wildman–Crippen MR) is 116 cm³/mol. The molecule has 0 aliphatic heterocycles. The Morgan fingerprint density at radius 3 is 2.40 bits per heavy atom. The molecule has 0 saturated heterocycles. The summed E-state index contributed by atoms with van der Waals surface area (Å²) in [5.74, 6) is 0.691. The fourth-order valence-corrected chi connectivity index (χ4v) is 3.20. The van der Waals surface area contributed by atoms with Crippen LogP contribution < -0.4 is 15.7 Å². The third-order valence-electron chi connectivity index (χ3n) is 4.71. The number of para-hydroxylation sites is 2. The summed E-state index contributed by atoms with van der Waals surface area (Å²) in [6, 6.07) is 19.8. The highest BCUT2D eigenvalue weighted by Gasteiger charge is 2.10. The maximum atomic E-state index is 12.2. The van der Waals surface area contributed by atoms with Crippen molar-refractivity contribution >= 4 is 22.5 Å². The van der Waals surface area contributed by atoms with Crippen molar-refractivity contribution in [1.29, 1.82) is 0 Å². The van der Waals surface area contributed by atoms with Crippen molar-refractivity contribution in [3.05, 3.63) is 88.3 Å². The third-order valence-corrected chi connectivity index (χ3v) is 4.71. The van der Waals surface area contributed by atoms with Gasteiger partial charge in [0.2, 0.25) is 5.89 Å². The number of anilines is 1. The molecule has 1 aromatic heterocycles. The van der Waals surface area contributed by atoms with Gasteiger partial charge in [-0.1, -0.05) is 30.3 Å². The van der Waals surface area contributed by atoms with E-state index in [1.54, 1.807) is 42.5 Å². The predicted octanol–water partition coefficient (Wildman–Crippen LogP) is 4.49. The number of nitrogens with one attached hydrogen (secondary N) is 1. The molecule has 1 heterocycles. The zero-order chi connectivity index (χ0) is 21.1. The van der Waals surface area contributed by atoms with Gasteiger partial charge in [0.15, 0.2) is 6.61 Å². The lowest BCUT2D eigenvalue weighted by atomic mass is 10.1. The Hall–Kier alpha value is -3.93. The molecule has 0 atom stereocenters. The molecule has 0 aliphatic rings. The first-order chi connectivity index (χ1) is 14.5. The van der Waals surface area contributed by atoms with Crippen LogP contribution in [-0.2, 0) is 4.79 Å². The molecule has 150 valence electrons. The topological polar surface area (TPSA) is 81.4 Å². The van der Waals surface area contributed by atoms with Crippen molar-refractivity contribution < 1.29 is 13.9 Å². The summed E-state index contributed by atoms with van der Waals surface area (Å²) in [5.41, 5.74) is 3.36. The molecule has 0 fully saturated rings. The van der Waals surface area contributed by atoms with Crippen molar-refractivity contribution in [3.8, 4) is 17.2 Å². The van der Waals surface area contributed by atoms with Gasteiger partial charge in [-0.3, -0.25) is 4.79 Å². The first-order valence-corrected chi connectivity index (χ1v) is 9.50. The second-order valence-electron chi connectivity index (χ2n) is 6.96. The maximum Gasteiger partial charge on any atom is 0.347 e. The van der Waals surface area contributed by atoms with E-state index < -0.39 is 5.63 Å². The Kier molecular flexibility index (Phi) is 5.30. The number of nitrogens with zero attached hydrogens (tertiary/aromatic N) is 1. The van der Waals surface area contributed by atoms with Crippen molar-refractivity contribution in [2.75, 3.05) is 11.9 Å². The molecule has 0 radical (unpaired) electrons. The molecular weight excluding hydrogens is 380 g/mol. The highest BCUT2D eigenvalue weighted by atomic mass is 16.5. The van der Waals surface area contributed by atoms with Crippen LogP contribution in [0.25, 0.3) is 22.4 Å². The molecule has 0 saturated carbocycles. The zero-order valence-electron chi connectivity index (χ0n) is 16.6. The average molecular weight is 400 g/mol. The Balaban J connectivity index is 1.45. The second-order valence-corrected chi connectivity index (χ2v) is 6.96. The van der Waals surface area contributed by atoms with E-state index in [9.17, 15) is 9.59 Å². The number of carbonyl (C=O) groups excluding carboxylic acids is 1. The van der Waals surface area contributed by atoms with Crippen LogP contribution in [0.3, 0.4) is 0 Å². The van der Waals surface area contributed by atoms with Gasteiger partial charge in [-0.05, 0) is 61.4 Å². The van der Waals surface area contributed by atoms with Gasteiger partial charge in [-0.2, -0.15) is 0 Å². The molecule has 3 aromatic carbocycles. The highest BCUT2D eigenvalue weighted by Crippen LogP contribution is 2.23. The minimum atomic E-state index is -0.434. The first kappa shape index (κ1) is 19.4. The maximum absolute atomic E-state index is 12.2. The highest BCUT2D eigenvalue weighted by molar-refractivity contribution is 5.92. The lowest BCUT2D eigenvalue weighted by Gasteiger charge is -2.12. The van der Waals surface area contributed by atoms with Crippen molar-refractivity contribution in [3.63, 3.8) is 0 Å². The molecule has 6 nitrogen and oxygen atoms in total. The standard InChI is InChI=1S/C24H20N2O4/c1-15-6-5-7-16(2)22(15)29-14-21(27)25-18-12-10-17(11-13-18)23-26-20-9-4-3-8-19(20)24(28)30-23/h3-13H,14H2,1-2H3,(H,25,27). The Morgan fingerprint density at radius 2 is 1.67 bits per heavy atom. The monoisotopic (exact) mass is 400 g/mol. The van der Waals surface area contributed by atoms with E-state index in [1.165, 1.54) is 0 Å². The Labute approximate surface area is 173 Å². The van der Waals surface area contributed by atoms with Gasteiger partial charge >= 0.3 is 5.63 Å². The quantitative estimate of drug-likeness (QED) is 0.534. The molecule has 0 unspecified atom stereocenters. The smallest absolute Gasteiger partial charge is 0.347 e. The van der Waals surface area contributed by atoms with Crippen LogP contribution in [0, 0.1) is 13.8 Å². The van der Waals surface area contributed by atoms with Gasteiger partial charge in [0.1, 0.15) is 5.75 Å². The lowest BCUT2D eigenvalue weighted by molar-refractivity contribution is -0.118. The van der Waals surface area contributed by atoms with E-state index in [4.69, 9.17) is 9.15 Å². The van der Waals surface area contributed by atoms with Gasteiger partial charge < -0.3 is 14.5 Å². The Bertz CT molecular complexity index is 1260. The molecule has 4 rings (SSSR count). The number of hydrogen-bond donors (Lipinski definition) is 1. The van der Waals surface area contributed by atoms with E-state index in [2.05, 4.69) is 10.3 Å². The molecular formula is C24H20N2O4. The van der Waals surface area contributed by atoms with Crippen LogP contribution in [0.4, 0.5) is 5.69 Å². The molecule has 1 amide bonds. The van der Waals surface area contributed by atoms with Gasteiger partial charge in [-0.15, -0.1) is 0 Å². The average Bonchev–Trinajstić information content (AvgIpc) is 2.74. The molecule has 1 N–H and O–H groups in total. The number of benzene rings is 3. The van der Waals surface area contributed by atoms with Crippen LogP contribution in [0.5, 0.6) is 5.75 Å². The van der Waals surface area contributed by atoms with Crippen molar-refractivity contribution in [2.24, 2.45) is 0 Å². The third kappa shape index (κ3) is 4.07. The van der Waals surface area contributed by atoms with Crippen molar-refractivity contribution in [2.45, 2.75) is 13.8 Å². The van der Waals surface area contributed by atoms with E-state index in [1.807, 2.05) is 38.1 Å². The van der Waals surface area contributed by atoms with Gasteiger partial charge in [0, 0.05) is 11.3 Å². The second kappa shape index (κ2) is 8.21. The number of fused-ring (bicyclic) bond motifs is 1. The van der Waals surface area contributed by atoms with Crippen LogP contribution in [-0.4, -0.2) is 17.5 Å². The summed E-state index contributed by atoms with van der Waals surface area (Å²) in [7, 11) is 0. The summed E-state index contributed by atoms with van der Waals surface area (Å²) in [4.78, 5) is 28.8. The minimum absolute atomic E-state index is 0.0887. The van der Waals surface area contributed by atoms with Crippen LogP contribution in [0.2, 0.25) is 0 Å². The molecule has 0 bridgehead atoms. The summed E-state index contributed by atoms with van der Waals surface area (Å²) in [5, 5.41) is 3.23. The number of amides is 1. The fourth-order valence-electron chi connectivity index (χ4n) is 3.20. The summed E-state index contributed by atoms with van der Waals surface area (Å²) in [6.07, 6.45) is 0. The van der Waals surface area contributed by atoms with Gasteiger partial charge in [0.25, 0.3) is 5.91 Å². The molecule has 0 spiro atoms. The first-order valence-electron chi connectivity index (χ1n) is 9.50. The van der Waals surface area contributed by atoms with Gasteiger partial charge in [0.05, 0.1) is 10.9 Å². The van der Waals surface area contributed by atoms with E-state index in [0.717, 1.165) is 16.9 Å². The largest absolute Gasteiger partial charge is 0.483 e. The normalized spacial score (nSPS) is 10.7. The summed E-state index contributed by atoms with van der Waals surface area (Å²) < 4.78 is 11.0. The Morgan fingerprint density at radius 1 is 0.967 bits per heavy atom. The minimum Gasteiger partial charge on any atom is -0.483 e. The number of carbonyl (C=O) groups is 1. The molecule has 4 aromatic rings. The lowest BCUT2D eigenvalue weighted by Crippen LogP contribution is -2.20. The number of rotatable bonds is 5. The fraction of sp³-hybridized carbons (Fsp3) is 0.125. The van der Waals surface area contributed by atoms with E-state index >= 15 is 0 Å². The summed E-state index contributed by atoms with van der Waals surface area (Å²) in [6.45, 7) is 3.80. The van der Waals surface area contributed by atoms with Crippen LogP contribution in [0.1, 0.15) is 11.1 Å². The zero-order valence-corrected chi connectivity index (χ0v) is 16.6. The number of aromatic nitrogens is 1. The van der Waals surface area contributed by atoms with Gasteiger partial charge in [-0.25, -0.2) is 9.78 Å². The molecule has 6 heteroatoms. The molecule has 0 aliphatic carbocycles. The van der Waals surface area contributed by atoms with Crippen molar-refractivity contribution in [1.82, 2.24) is 4.98 Å². The SMILES string of the molecule is Cc1cccc(C)c1OCC(=O)Nc1ccc(-c2nc3ccccc3c(=O)o2)cc1. The summed E-state index contributed by atoms with van der Waals surface area (Å²) >= 11 is 0.